The molecule has 0 aliphatic carbocycles. The lowest BCUT2D eigenvalue weighted by Gasteiger charge is -2.01. The maximum Gasteiger partial charge on any atom is 0.198 e. The molecule has 40 valence electrons. The van der Waals surface area contributed by atoms with Gasteiger partial charge in [0.05, 0.1) is 0 Å². The normalized spacial score (nSPS) is 16.6. The van der Waals surface area contributed by atoms with Crippen molar-refractivity contribution < 1.29 is 5.11 Å². The van der Waals surface area contributed by atoms with Crippen molar-refractivity contribution in [1.29, 1.82) is 0 Å². The van der Waals surface area contributed by atoms with Gasteiger partial charge in [-0.3, -0.25) is 0 Å². The first kappa shape index (κ1) is 6.81. The molecule has 0 aromatic heterocycles. The first-order valence-corrected chi connectivity index (χ1v) is 2.29. The SMILES string of the molecule is CC#CC(C)(O)Cl. The van der Waals surface area contributed by atoms with Crippen LogP contribution in [0, 0.1) is 11.8 Å². The van der Waals surface area contributed by atoms with Gasteiger partial charge in [0.25, 0.3) is 0 Å². The van der Waals surface area contributed by atoms with Crippen molar-refractivity contribution in [2.24, 2.45) is 0 Å². The zero-order chi connectivity index (χ0) is 5.91. The lowest BCUT2D eigenvalue weighted by Crippen LogP contribution is -2.09. The smallest absolute Gasteiger partial charge is 0.198 e. The first-order valence-electron chi connectivity index (χ1n) is 1.91. The molecule has 0 saturated heterocycles. The minimum atomic E-state index is -1.34. The van der Waals surface area contributed by atoms with Crippen LogP contribution in [0.3, 0.4) is 0 Å². The summed E-state index contributed by atoms with van der Waals surface area (Å²) in [6, 6.07) is 0. The molecule has 0 aromatic carbocycles. The van der Waals surface area contributed by atoms with Crippen LogP contribution in [0.5, 0.6) is 0 Å². The van der Waals surface area contributed by atoms with E-state index >= 15 is 0 Å². The third-order valence-corrected chi connectivity index (χ3v) is 0.448. The van der Waals surface area contributed by atoms with Crippen molar-refractivity contribution in [3.63, 3.8) is 0 Å². The molecule has 1 nitrogen and oxygen atoms in total. The van der Waals surface area contributed by atoms with Gasteiger partial charge in [-0.05, 0) is 13.8 Å². The standard InChI is InChI=1S/C5H7ClO/c1-3-4-5(2,6)7/h7H,1-2H3. The number of hydrogen-bond acceptors (Lipinski definition) is 1. The van der Waals surface area contributed by atoms with Crippen molar-refractivity contribution in [3.05, 3.63) is 0 Å². The van der Waals surface area contributed by atoms with E-state index < -0.39 is 5.06 Å². The van der Waals surface area contributed by atoms with Gasteiger partial charge in [0.2, 0.25) is 0 Å². The highest BCUT2D eigenvalue weighted by Crippen LogP contribution is 2.04. The molecule has 0 aliphatic rings. The second kappa shape index (κ2) is 2.20. The molecule has 1 unspecified atom stereocenters. The summed E-state index contributed by atoms with van der Waals surface area (Å²) in [7, 11) is 0. The van der Waals surface area contributed by atoms with Crippen LogP contribution in [-0.4, -0.2) is 10.2 Å². The van der Waals surface area contributed by atoms with Gasteiger partial charge in [-0.15, -0.1) is 5.92 Å². The Bertz CT molecular complexity index is 101. The Morgan fingerprint density at radius 3 is 2.14 bits per heavy atom. The monoisotopic (exact) mass is 118 g/mol. The van der Waals surface area contributed by atoms with Crippen LogP contribution < -0.4 is 0 Å². The van der Waals surface area contributed by atoms with Crippen LogP contribution in [0.15, 0.2) is 0 Å². The van der Waals surface area contributed by atoms with Crippen LogP contribution in [-0.2, 0) is 0 Å². The molecule has 0 bridgehead atoms. The molecule has 0 spiro atoms. The molecule has 0 radical (unpaired) electrons. The predicted molar refractivity (Wildman–Crippen MR) is 29.9 cm³/mol. The Labute approximate surface area is 48.3 Å². The summed E-state index contributed by atoms with van der Waals surface area (Å²) >= 11 is 5.22. The molecular formula is C5H7ClO. The average molecular weight is 119 g/mol. The Hall–Kier alpha value is -0.190. The van der Waals surface area contributed by atoms with Crippen molar-refractivity contribution >= 4 is 11.6 Å². The average Bonchev–Trinajstić information content (AvgIpc) is 1.30. The highest BCUT2D eigenvalue weighted by atomic mass is 35.5. The summed E-state index contributed by atoms with van der Waals surface area (Å²) in [6.45, 7) is 3.04. The van der Waals surface area contributed by atoms with Gasteiger partial charge in [-0.1, -0.05) is 17.5 Å². The zero-order valence-electron chi connectivity index (χ0n) is 4.33. The molecule has 0 heterocycles. The van der Waals surface area contributed by atoms with Gasteiger partial charge < -0.3 is 5.11 Å². The predicted octanol–water partition coefficient (Wildman–Crippen LogP) is 0.957. The number of rotatable bonds is 0. The second-order valence-electron chi connectivity index (χ2n) is 1.33. The van der Waals surface area contributed by atoms with E-state index in [9.17, 15) is 0 Å². The Morgan fingerprint density at radius 1 is 1.71 bits per heavy atom. The third-order valence-electron chi connectivity index (χ3n) is 0.353. The molecular weight excluding hydrogens is 112 g/mol. The number of halogens is 1. The zero-order valence-corrected chi connectivity index (χ0v) is 5.08. The molecule has 0 aliphatic heterocycles. The minimum absolute atomic E-state index is 1.34. The molecule has 7 heavy (non-hydrogen) atoms. The fourth-order valence-corrected chi connectivity index (χ4v) is 0.323. The van der Waals surface area contributed by atoms with Crippen molar-refractivity contribution in [1.82, 2.24) is 0 Å². The Kier molecular flexibility index (Phi) is 2.14. The van der Waals surface area contributed by atoms with Crippen LogP contribution in [0.2, 0.25) is 0 Å². The molecule has 0 rings (SSSR count). The maximum absolute atomic E-state index is 8.61. The van der Waals surface area contributed by atoms with Crippen molar-refractivity contribution in [3.8, 4) is 11.8 Å². The van der Waals surface area contributed by atoms with Crippen LogP contribution in [0.25, 0.3) is 0 Å². The third kappa shape index (κ3) is 5.81. The van der Waals surface area contributed by atoms with Crippen LogP contribution in [0.4, 0.5) is 0 Å². The summed E-state index contributed by atoms with van der Waals surface area (Å²) in [6.07, 6.45) is 0. The fraction of sp³-hybridized carbons (Fsp3) is 0.600. The van der Waals surface area contributed by atoms with Gasteiger partial charge in [0, 0.05) is 0 Å². The largest absolute Gasteiger partial charge is 0.365 e. The highest BCUT2D eigenvalue weighted by Gasteiger charge is 2.07. The molecule has 1 atom stereocenters. The summed E-state index contributed by atoms with van der Waals surface area (Å²) in [5.74, 6) is 4.83. The van der Waals surface area contributed by atoms with E-state index in [4.69, 9.17) is 16.7 Å². The lowest BCUT2D eigenvalue weighted by atomic mass is 10.4. The van der Waals surface area contributed by atoms with Gasteiger partial charge >= 0.3 is 0 Å². The fourth-order valence-electron chi connectivity index (χ4n) is 0.228. The highest BCUT2D eigenvalue weighted by molar-refractivity contribution is 6.24. The summed E-state index contributed by atoms with van der Waals surface area (Å²) in [4.78, 5) is 0. The van der Waals surface area contributed by atoms with Crippen LogP contribution >= 0.6 is 11.6 Å². The van der Waals surface area contributed by atoms with Gasteiger partial charge in [-0.25, -0.2) is 0 Å². The molecule has 0 amide bonds. The molecule has 1 N–H and O–H groups in total. The number of hydrogen-bond donors (Lipinski definition) is 1. The summed E-state index contributed by atoms with van der Waals surface area (Å²) in [5, 5.41) is 7.27. The van der Waals surface area contributed by atoms with Crippen LogP contribution in [0.1, 0.15) is 13.8 Å². The van der Waals surface area contributed by atoms with E-state index in [0.29, 0.717) is 0 Å². The summed E-state index contributed by atoms with van der Waals surface area (Å²) in [5.41, 5.74) is 0. The van der Waals surface area contributed by atoms with E-state index in [1.54, 1.807) is 6.92 Å². The van der Waals surface area contributed by atoms with Crippen molar-refractivity contribution in [2.45, 2.75) is 18.9 Å². The molecule has 0 fully saturated rings. The lowest BCUT2D eigenvalue weighted by molar-refractivity contribution is 0.211. The van der Waals surface area contributed by atoms with E-state index in [0.717, 1.165) is 0 Å². The Balaban J connectivity index is 3.72. The van der Waals surface area contributed by atoms with Gasteiger partial charge in [-0.2, -0.15) is 0 Å². The summed E-state index contributed by atoms with van der Waals surface area (Å²) < 4.78 is 0. The Morgan fingerprint density at radius 2 is 2.14 bits per heavy atom. The van der Waals surface area contributed by atoms with Gasteiger partial charge in [0.1, 0.15) is 0 Å². The number of aliphatic hydroxyl groups is 1. The minimum Gasteiger partial charge on any atom is -0.365 e. The van der Waals surface area contributed by atoms with Crippen molar-refractivity contribution in [2.75, 3.05) is 0 Å². The number of alkyl halides is 1. The quantitative estimate of drug-likeness (QED) is 0.371. The maximum atomic E-state index is 8.61. The van der Waals surface area contributed by atoms with Gasteiger partial charge in [0.15, 0.2) is 5.06 Å². The molecule has 2 heteroatoms. The topological polar surface area (TPSA) is 20.2 Å². The first-order chi connectivity index (χ1) is 3.06. The van der Waals surface area contributed by atoms with E-state index in [2.05, 4.69) is 11.8 Å². The van der Waals surface area contributed by atoms with E-state index in [1.807, 2.05) is 0 Å². The second-order valence-corrected chi connectivity index (χ2v) is 2.06. The molecule has 0 aromatic rings. The van der Waals surface area contributed by atoms with E-state index in [-0.39, 0.29) is 0 Å². The van der Waals surface area contributed by atoms with E-state index in [1.165, 1.54) is 6.92 Å². The molecule has 0 saturated carbocycles.